The van der Waals surface area contributed by atoms with Gasteiger partial charge in [0.05, 0.1) is 0 Å². The monoisotopic (exact) mass is 205 g/mol. The lowest BCUT2D eigenvalue weighted by atomic mass is 10.1. The van der Waals surface area contributed by atoms with E-state index in [4.69, 9.17) is 10.8 Å². The van der Waals surface area contributed by atoms with Gasteiger partial charge in [-0.05, 0) is 11.6 Å². The summed E-state index contributed by atoms with van der Waals surface area (Å²) in [5.74, 6) is -1.76. The average Bonchev–Trinajstić information content (AvgIpc) is 2.26. The lowest BCUT2D eigenvalue weighted by molar-refractivity contribution is -0.135. The van der Waals surface area contributed by atoms with Gasteiger partial charge in [0.1, 0.15) is 0 Å². The van der Waals surface area contributed by atoms with Crippen LogP contribution in [-0.2, 0) is 9.59 Å². The van der Waals surface area contributed by atoms with Crippen molar-refractivity contribution in [3.8, 4) is 0 Å². The molecule has 0 fully saturated rings. The van der Waals surface area contributed by atoms with Gasteiger partial charge in [-0.15, -0.1) is 0 Å². The fourth-order valence-corrected chi connectivity index (χ4v) is 0.974. The summed E-state index contributed by atoms with van der Waals surface area (Å²) in [5, 5.41) is 9.00. The second-order valence-corrected chi connectivity index (χ2v) is 2.95. The van der Waals surface area contributed by atoms with Crippen LogP contribution in [0.5, 0.6) is 0 Å². The van der Waals surface area contributed by atoms with Gasteiger partial charge in [-0.25, -0.2) is 0 Å². The van der Waals surface area contributed by atoms with Gasteiger partial charge in [-0.1, -0.05) is 36.4 Å². The third-order valence-electron chi connectivity index (χ3n) is 1.78. The molecular formula is C11H11NO3. The average molecular weight is 205 g/mol. The third kappa shape index (κ3) is 3.36. The molecule has 0 aliphatic rings. The maximum Gasteiger partial charge on any atom is 0.254 e. The molecule has 1 amide bonds. The minimum Gasteiger partial charge on any atom is -0.376 e. The molecule has 0 aliphatic carbocycles. The van der Waals surface area contributed by atoms with Crippen molar-refractivity contribution in [1.29, 1.82) is 0 Å². The van der Waals surface area contributed by atoms with E-state index in [1.54, 1.807) is 12.1 Å². The van der Waals surface area contributed by atoms with E-state index in [0.717, 1.165) is 11.6 Å². The van der Waals surface area contributed by atoms with E-state index in [0.29, 0.717) is 0 Å². The number of primary amides is 1. The van der Waals surface area contributed by atoms with E-state index in [1.807, 2.05) is 18.2 Å². The molecule has 0 aliphatic heterocycles. The highest BCUT2D eigenvalue weighted by Crippen LogP contribution is 2.01. The van der Waals surface area contributed by atoms with Crippen LogP contribution in [0.25, 0.3) is 6.08 Å². The first-order valence-corrected chi connectivity index (χ1v) is 4.35. The fourth-order valence-electron chi connectivity index (χ4n) is 0.974. The van der Waals surface area contributed by atoms with Crippen molar-refractivity contribution < 1.29 is 14.7 Å². The summed E-state index contributed by atoms with van der Waals surface area (Å²) in [4.78, 5) is 21.6. The number of nitrogens with two attached hydrogens (primary N) is 1. The lowest BCUT2D eigenvalue weighted by Crippen LogP contribution is -2.34. The number of aliphatic hydroxyl groups is 1. The minimum absolute atomic E-state index is 0.716. The van der Waals surface area contributed by atoms with Crippen LogP contribution in [-0.4, -0.2) is 22.9 Å². The van der Waals surface area contributed by atoms with E-state index in [1.165, 1.54) is 6.08 Å². The van der Waals surface area contributed by atoms with E-state index in [-0.39, 0.29) is 0 Å². The summed E-state index contributed by atoms with van der Waals surface area (Å²) in [6, 6.07) is 9.06. The Kier molecular flexibility index (Phi) is 3.76. The van der Waals surface area contributed by atoms with Crippen molar-refractivity contribution in [3.63, 3.8) is 0 Å². The van der Waals surface area contributed by atoms with Crippen LogP contribution in [0.2, 0.25) is 0 Å². The second kappa shape index (κ2) is 5.07. The van der Waals surface area contributed by atoms with Crippen LogP contribution < -0.4 is 5.73 Å². The smallest absolute Gasteiger partial charge is 0.254 e. The van der Waals surface area contributed by atoms with Crippen molar-refractivity contribution in [2.75, 3.05) is 0 Å². The molecule has 1 rings (SSSR count). The van der Waals surface area contributed by atoms with E-state index >= 15 is 0 Å². The molecule has 0 bridgehead atoms. The summed E-state index contributed by atoms with van der Waals surface area (Å²) in [6.07, 6.45) is 0.879. The fraction of sp³-hybridized carbons (Fsp3) is 0.0909. The van der Waals surface area contributed by atoms with Gasteiger partial charge in [0, 0.05) is 0 Å². The molecule has 0 saturated carbocycles. The van der Waals surface area contributed by atoms with Crippen LogP contribution in [0.4, 0.5) is 0 Å². The first-order chi connectivity index (χ1) is 7.11. The lowest BCUT2D eigenvalue weighted by Gasteiger charge is -1.99. The molecule has 1 aromatic carbocycles. The molecule has 0 radical (unpaired) electrons. The van der Waals surface area contributed by atoms with E-state index in [2.05, 4.69) is 0 Å². The highest BCUT2D eigenvalue weighted by atomic mass is 16.3. The Morgan fingerprint density at radius 3 is 2.40 bits per heavy atom. The SMILES string of the molecule is NC(=O)C(O)C(=O)C=Cc1ccccc1. The Labute approximate surface area is 87.0 Å². The summed E-state index contributed by atoms with van der Waals surface area (Å²) in [5.41, 5.74) is 5.57. The molecule has 0 spiro atoms. The minimum atomic E-state index is -1.76. The van der Waals surface area contributed by atoms with Crippen LogP contribution in [0, 0.1) is 0 Å². The molecule has 1 aromatic rings. The maximum atomic E-state index is 11.1. The number of ketones is 1. The largest absolute Gasteiger partial charge is 0.376 e. The summed E-state index contributed by atoms with van der Waals surface area (Å²) >= 11 is 0. The second-order valence-electron chi connectivity index (χ2n) is 2.95. The Bertz CT molecular complexity index is 384. The zero-order chi connectivity index (χ0) is 11.3. The maximum absolute atomic E-state index is 11.1. The molecule has 1 unspecified atom stereocenters. The first kappa shape index (κ1) is 11.1. The topological polar surface area (TPSA) is 80.4 Å². The van der Waals surface area contributed by atoms with Crippen molar-refractivity contribution >= 4 is 17.8 Å². The number of aliphatic hydroxyl groups excluding tert-OH is 1. The molecular weight excluding hydrogens is 194 g/mol. The molecule has 78 valence electrons. The number of hydrogen-bond acceptors (Lipinski definition) is 3. The van der Waals surface area contributed by atoms with Gasteiger partial charge in [-0.3, -0.25) is 9.59 Å². The molecule has 0 saturated heterocycles. The van der Waals surface area contributed by atoms with E-state index < -0.39 is 17.8 Å². The molecule has 0 aromatic heterocycles. The van der Waals surface area contributed by atoms with E-state index in [9.17, 15) is 9.59 Å². The molecule has 4 heteroatoms. The zero-order valence-corrected chi connectivity index (χ0v) is 7.96. The van der Waals surface area contributed by atoms with Gasteiger partial charge >= 0.3 is 0 Å². The van der Waals surface area contributed by atoms with Gasteiger partial charge in [-0.2, -0.15) is 0 Å². The standard InChI is InChI=1S/C11H11NO3/c12-11(15)10(14)9(13)7-6-8-4-2-1-3-5-8/h1-7,10,14H,(H2,12,15). The number of benzene rings is 1. The first-order valence-electron chi connectivity index (χ1n) is 4.35. The number of hydrogen-bond donors (Lipinski definition) is 2. The van der Waals surface area contributed by atoms with Gasteiger partial charge in [0.15, 0.2) is 11.9 Å². The number of rotatable bonds is 4. The van der Waals surface area contributed by atoms with Crippen LogP contribution in [0.3, 0.4) is 0 Å². The number of carbonyl (C=O) groups is 2. The molecule has 1 atom stereocenters. The highest BCUT2D eigenvalue weighted by Gasteiger charge is 2.17. The predicted octanol–water partition coefficient (Wildman–Crippen LogP) is 0.115. The van der Waals surface area contributed by atoms with Crippen molar-refractivity contribution in [2.24, 2.45) is 5.73 Å². The zero-order valence-electron chi connectivity index (χ0n) is 7.96. The Morgan fingerprint density at radius 2 is 1.87 bits per heavy atom. The molecule has 4 nitrogen and oxygen atoms in total. The van der Waals surface area contributed by atoms with Gasteiger partial charge < -0.3 is 10.8 Å². The Balaban J connectivity index is 2.67. The number of amides is 1. The van der Waals surface area contributed by atoms with Crippen LogP contribution in [0.15, 0.2) is 36.4 Å². The van der Waals surface area contributed by atoms with Crippen LogP contribution >= 0.6 is 0 Å². The van der Waals surface area contributed by atoms with Crippen LogP contribution in [0.1, 0.15) is 5.56 Å². The summed E-state index contributed by atoms with van der Waals surface area (Å²) in [6.45, 7) is 0. The normalized spacial score (nSPS) is 12.6. The summed E-state index contributed by atoms with van der Waals surface area (Å²) in [7, 11) is 0. The van der Waals surface area contributed by atoms with Crippen molar-refractivity contribution in [1.82, 2.24) is 0 Å². The predicted molar refractivity (Wildman–Crippen MR) is 55.7 cm³/mol. The summed E-state index contributed by atoms with van der Waals surface area (Å²) < 4.78 is 0. The highest BCUT2D eigenvalue weighted by molar-refractivity contribution is 6.10. The Hall–Kier alpha value is -1.94. The third-order valence-corrected chi connectivity index (χ3v) is 1.78. The van der Waals surface area contributed by atoms with Gasteiger partial charge in [0.25, 0.3) is 5.91 Å². The van der Waals surface area contributed by atoms with Crippen molar-refractivity contribution in [3.05, 3.63) is 42.0 Å². The quantitative estimate of drug-likeness (QED) is 0.541. The number of carbonyl (C=O) groups excluding carboxylic acids is 2. The molecule has 15 heavy (non-hydrogen) atoms. The molecule has 3 N–H and O–H groups in total. The van der Waals surface area contributed by atoms with Gasteiger partial charge in [0.2, 0.25) is 0 Å². The van der Waals surface area contributed by atoms with Crippen molar-refractivity contribution in [2.45, 2.75) is 6.10 Å². The molecule has 0 heterocycles. The Morgan fingerprint density at radius 1 is 1.27 bits per heavy atom.